The van der Waals surface area contributed by atoms with Crippen LogP contribution in [0.15, 0.2) is 18.2 Å². The highest BCUT2D eigenvalue weighted by Gasteiger charge is 2.14. The Bertz CT molecular complexity index is 489. The molecular weight excluding hydrogens is 249 g/mol. The Balaban J connectivity index is 3.01. The Morgan fingerprint density at radius 1 is 1.32 bits per heavy atom. The van der Waals surface area contributed by atoms with E-state index in [9.17, 15) is 14.0 Å². The molecule has 0 heterocycles. The lowest BCUT2D eigenvalue weighted by Gasteiger charge is -2.20. The molecular formula is C13H18FN3O2. The summed E-state index contributed by atoms with van der Waals surface area (Å²) in [4.78, 5) is 24.3. The van der Waals surface area contributed by atoms with Gasteiger partial charge in [0.05, 0.1) is 11.4 Å². The molecule has 2 N–H and O–H groups in total. The first-order chi connectivity index (χ1) is 8.81. The van der Waals surface area contributed by atoms with E-state index in [1.165, 1.54) is 30.0 Å². The zero-order chi connectivity index (χ0) is 14.6. The fourth-order valence-corrected chi connectivity index (χ4v) is 1.49. The van der Waals surface area contributed by atoms with E-state index in [1.807, 2.05) is 13.8 Å². The first kappa shape index (κ1) is 14.9. The average Bonchev–Trinajstić information content (AvgIpc) is 2.26. The third-order valence-electron chi connectivity index (χ3n) is 2.46. The van der Waals surface area contributed by atoms with E-state index >= 15 is 0 Å². The van der Waals surface area contributed by atoms with Crippen molar-refractivity contribution in [1.29, 1.82) is 0 Å². The fraction of sp³-hybridized carbons (Fsp3) is 0.385. The molecule has 3 amide bonds. The van der Waals surface area contributed by atoms with Gasteiger partial charge in [-0.05, 0) is 32.0 Å². The van der Waals surface area contributed by atoms with Crippen LogP contribution in [0.4, 0.5) is 20.6 Å². The zero-order valence-corrected chi connectivity index (χ0v) is 11.5. The highest BCUT2D eigenvalue weighted by Crippen LogP contribution is 2.26. The van der Waals surface area contributed by atoms with Crippen molar-refractivity contribution >= 4 is 23.3 Å². The molecule has 0 unspecified atom stereocenters. The van der Waals surface area contributed by atoms with Crippen molar-refractivity contribution in [2.75, 3.05) is 17.3 Å². The molecule has 0 aliphatic heterocycles. The number of anilines is 2. The van der Waals surface area contributed by atoms with Gasteiger partial charge < -0.3 is 15.5 Å². The molecule has 0 saturated heterocycles. The Hall–Kier alpha value is -2.11. The van der Waals surface area contributed by atoms with Crippen molar-refractivity contribution in [3.63, 3.8) is 0 Å². The van der Waals surface area contributed by atoms with Crippen LogP contribution in [0, 0.1) is 5.82 Å². The van der Waals surface area contributed by atoms with Gasteiger partial charge >= 0.3 is 6.03 Å². The van der Waals surface area contributed by atoms with E-state index in [1.54, 1.807) is 7.05 Å². The van der Waals surface area contributed by atoms with Gasteiger partial charge in [-0.2, -0.15) is 0 Å². The zero-order valence-electron chi connectivity index (χ0n) is 11.5. The highest BCUT2D eigenvalue weighted by atomic mass is 19.1. The Kier molecular flexibility index (Phi) is 4.86. The molecule has 0 saturated carbocycles. The summed E-state index contributed by atoms with van der Waals surface area (Å²) in [5.41, 5.74) is 0.684. The number of carbonyl (C=O) groups excluding carboxylic acids is 2. The SMILES string of the molecule is CC(=O)N(C)c1ccc(F)cc1NC(=O)NC(C)C. The predicted octanol–water partition coefficient (Wildman–Crippen LogP) is 2.34. The van der Waals surface area contributed by atoms with E-state index in [0.29, 0.717) is 5.69 Å². The molecule has 6 heteroatoms. The maximum Gasteiger partial charge on any atom is 0.319 e. The van der Waals surface area contributed by atoms with Gasteiger partial charge in [-0.3, -0.25) is 4.79 Å². The molecule has 19 heavy (non-hydrogen) atoms. The van der Waals surface area contributed by atoms with Gasteiger partial charge in [-0.15, -0.1) is 0 Å². The molecule has 0 spiro atoms. The standard InChI is InChI=1S/C13H18FN3O2/c1-8(2)15-13(19)16-11-7-10(14)5-6-12(11)17(4)9(3)18/h5-8H,1-4H3,(H2,15,16,19). The molecule has 1 aromatic carbocycles. The number of amides is 3. The number of urea groups is 1. The first-order valence-electron chi connectivity index (χ1n) is 5.92. The summed E-state index contributed by atoms with van der Waals surface area (Å²) < 4.78 is 13.2. The smallest absolute Gasteiger partial charge is 0.319 e. The van der Waals surface area contributed by atoms with Crippen LogP contribution >= 0.6 is 0 Å². The molecule has 5 nitrogen and oxygen atoms in total. The number of benzene rings is 1. The Morgan fingerprint density at radius 2 is 1.95 bits per heavy atom. The van der Waals surface area contributed by atoms with Crippen LogP contribution in [0.5, 0.6) is 0 Å². The number of halogens is 1. The predicted molar refractivity (Wildman–Crippen MR) is 72.8 cm³/mol. The first-order valence-corrected chi connectivity index (χ1v) is 5.92. The van der Waals surface area contributed by atoms with Gasteiger partial charge in [0.2, 0.25) is 5.91 Å². The largest absolute Gasteiger partial charge is 0.336 e. The van der Waals surface area contributed by atoms with Crippen molar-refractivity contribution in [3.05, 3.63) is 24.0 Å². The molecule has 0 bridgehead atoms. The Labute approximate surface area is 111 Å². The number of hydrogen-bond donors (Lipinski definition) is 2. The third kappa shape index (κ3) is 4.24. The number of nitrogens with one attached hydrogen (secondary N) is 2. The van der Waals surface area contributed by atoms with Gasteiger partial charge in [0.25, 0.3) is 0 Å². The van der Waals surface area contributed by atoms with Crippen molar-refractivity contribution in [3.8, 4) is 0 Å². The third-order valence-corrected chi connectivity index (χ3v) is 2.46. The van der Waals surface area contributed by atoms with Crippen molar-refractivity contribution in [2.24, 2.45) is 0 Å². The van der Waals surface area contributed by atoms with Crippen molar-refractivity contribution in [1.82, 2.24) is 5.32 Å². The quantitative estimate of drug-likeness (QED) is 0.883. The average molecular weight is 267 g/mol. The molecule has 0 radical (unpaired) electrons. The number of carbonyl (C=O) groups is 2. The summed E-state index contributed by atoms with van der Waals surface area (Å²) in [6, 6.07) is 3.37. The monoisotopic (exact) mass is 267 g/mol. The van der Waals surface area contributed by atoms with Crippen LogP contribution < -0.4 is 15.5 Å². The van der Waals surface area contributed by atoms with Gasteiger partial charge in [-0.25, -0.2) is 9.18 Å². The number of rotatable bonds is 3. The fourth-order valence-electron chi connectivity index (χ4n) is 1.49. The highest BCUT2D eigenvalue weighted by molar-refractivity contribution is 5.99. The van der Waals surface area contributed by atoms with Crippen LogP contribution in [-0.2, 0) is 4.79 Å². The lowest BCUT2D eigenvalue weighted by molar-refractivity contribution is -0.116. The maximum atomic E-state index is 13.2. The minimum atomic E-state index is -0.486. The maximum absolute atomic E-state index is 13.2. The van der Waals surface area contributed by atoms with Crippen LogP contribution in [0.2, 0.25) is 0 Å². The summed E-state index contributed by atoms with van der Waals surface area (Å²) in [6.45, 7) is 5.02. The van der Waals surface area contributed by atoms with Gasteiger partial charge in [0.15, 0.2) is 0 Å². The lowest BCUT2D eigenvalue weighted by Crippen LogP contribution is -2.35. The molecule has 0 fully saturated rings. The van der Waals surface area contributed by atoms with Gasteiger partial charge in [-0.1, -0.05) is 0 Å². The van der Waals surface area contributed by atoms with Gasteiger partial charge in [0.1, 0.15) is 5.82 Å². The summed E-state index contributed by atoms with van der Waals surface area (Å²) in [5, 5.41) is 5.16. The second kappa shape index (κ2) is 6.17. The van der Waals surface area contributed by atoms with Crippen molar-refractivity contribution in [2.45, 2.75) is 26.8 Å². The van der Waals surface area contributed by atoms with Crippen molar-refractivity contribution < 1.29 is 14.0 Å². The summed E-state index contributed by atoms with van der Waals surface area (Å²) >= 11 is 0. The topological polar surface area (TPSA) is 61.4 Å². The van der Waals surface area contributed by atoms with Crippen LogP contribution in [0.1, 0.15) is 20.8 Å². The molecule has 0 aromatic heterocycles. The van der Waals surface area contributed by atoms with E-state index in [0.717, 1.165) is 0 Å². The minimum absolute atomic E-state index is 0.0393. The minimum Gasteiger partial charge on any atom is -0.336 e. The van der Waals surface area contributed by atoms with E-state index in [2.05, 4.69) is 10.6 Å². The number of nitrogens with zero attached hydrogens (tertiary/aromatic N) is 1. The molecule has 0 aliphatic carbocycles. The number of hydrogen-bond acceptors (Lipinski definition) is 2. The van der Waals surface area contributed by atoms with Crippen LogP contribution in [-0.4, -0.2) is 25.0 Å². The molecule has 0 aliphatic rings. The molecule has 1 aromatic rings. The van der Waals surface area contributed by atoms with E-state index in [-0.39, 0.29) is 17.6 Å². The molecule has 1 rings (SSSR count). The second-order valence-corrected chi connectivity index (χ2v) is 4.49. The summed E-state index contributed by atoms with van der Waals surface area (Å²) in [6.07, 6.45) is 0. The van der Waals surface area contributed by atoms with E-state index < -0.39 is 11.8 Å². The second-order valence-electron chi connectivity index (χ2n) is 4.49. The Morgan fingerprint density at radius 3 is 2.47 bits per heavy atom. The summed E-state index contributed by atoms with van der Waals surface area (Å²) in [5.74, 6) is -0.695. The normalized spacial score (nSPS) is 10.2. The summed E-state index contributed by atoms with van der Waals surface area (Å²) in [7, 11) is 1.56. The van der Waals surface area contributed by atoms with E-state index in [4.69, 9.17) is 0 Å². The lowest BCUT2D eigenvalue weighted by atomic mass is 10.2. The van der Waals surface area contributed by atoms with Crippen LogP contribution in [0.3, 0.4) is 0 Å². The molecule has 104 valence electrons. The van der Waals surface area contributed by atoms with Gasteiger partial charge in [0, 0.05) is 20.0 Å². The van der Waals surface area contributed by atoms with Crippen LogP contribution in [0.25, 0.3) is 0 Å². The molecule has 0 atom stereocenters.